The zero-order valence-corrected chi connectivity index (χ0v) is 11.5. The van der Waals surface area contributed by atoms with Gasteiger partial charge in [-0.2, -0.15) is 5.10 Å². The number of aromatic nitrogens is 2. The number of nitro benzene ring substituents is 1. The molecular formula is C13H16N4O3. The number of nitro groups is 1. The average Bonchev–Trinajstić information content (AvgIpc) is 2.86. The highest BCUT2D eigenvalue weighted by atomic mass is 16.6. The molecule has 1 aromatic heterocycles. The topological polar surface area (TPSA) is 82.2 Å². The first-order valence-corrected chi connectivity index (χ1v) is 6.20. The Balaban J connectivity index is 2.35. The van der Waals surface area contributed by atoms with Gasteiger partial charge in [0.2, 0.25) is 5.75 Å². The van der Waals surface area contributed by atoms with Gasteiger partial charge in [0.1, 0.15) is 5.69 Å². The van der Waals surface area contributed by atoms with Crippen molar-refractivity contribution >= 4 is 11.4 Å². The molecule has 106 valence electrons. The highest BCUT2D eigenvalue weighted by molar-refractivity contribution is 5.68. The summed E-state index contributed by atoms with van der Waals surface area (Å²) in [4.78, 5) is 10.7. The molecule has 2 rings (SSSR count). The summed E-state index contributed by atoms with van der Waals surface area (Å²) < 4.78 is 7.30. The molecule has 7 heteroatoms. The van der Waals surface area contributed by atoms with Gasteiger partial charge in [-0.05, 0) is 26.0 Å². The van der Waals surface area contributed by atoms with Crippen LogP contribution in [0.1, 0.15) is 19.9 Å². The van der Waals surface area contributed by atoms with E-state index in [0.29, 0.717) is 11.4 Å². The normalized spacial score (nSPS) is 10.6. The molecule has 0 aliphatic carbocycles. The average molecular weight is 276 g/mol. The van der Waals surface area contributed by atoms with E-state index >= 15 is 0 Å². The first-order valence-electron chi connectivity index (χ1n) is 6.20. The maximum absolute atomic E-state index is 11.2. The number of hydrogen-bond donors (Lipinski definition) is 1. The van der Waals surface area contributed by atoms with E-state index in [1.54, 1.807) is 36.1 Å². The number of nitrogens with one attached hydrogen (secondary N) is 1. The molecule has 0 saturated carbocycles. The van der Waals surface area contributed by atoms with Crippen molar-refractivity contribution in [1.29, 1.82) is 0 Å². The summed E-state index contributed by atoms with van der Waals surface area (Å²) >= 11 is 0. The molecule has 0 saturated heterocycles. The Bertz CT molecular complexity index is 622. The third-order valence-corrected chi connectivity index (χ3v) is 2.79. The van der Waals surface area contributed by atoms with Crippen LogP contribution in [0.25, 0.3) is 0 Å². The number of para-hydroxylation sites is 1. The van der Waals surface area contributed by atoms with Gasteiger partial charge in [0.25, 0.3) is 0 Å². The summed E-state index contributed by atoms with van der Waals surface area (Å²) in [6.07, 6.45) is 3.25. The smallest absolute Gasteiger partial charge is 0.334 e. The van der Waals surface area contributed by atoms with Crippen LogP contribution in [-0.2, 0) is 0 Å². The lowest BCUT2D eigenvalue weighted by molar-refractivity contribution is -0.384. The number of nitrogens with zero attached hydrogens (tertiary/aromatic N) is 3. The molecule has 0 aliphatic rings. The minimum absolute atomic E-state index is 0.0905. The molecule has 0 unspecified atom stereocenters. The predicted octanol–water partition coefficient (Wildman–Crippen LogP) is 3.21. The minimum Gasteiger partial charge on any atom is -0.447 e. The molecule has 0 fully saturated rings. The van der Waals surface area contributed by atoms with Gasteiger partial charge in [-0.25, -0.2) is 0 Å². The van der Waals surface area contributed by atoms with Crippen LogP contribution >= 0.6 is 0 Å². The second kappa shape index (κ2) is 5.60. The molecule has 7 nitrogen and oxygen atoms in total. The Labute approximate surface area is 116 Å². The van der Waals surface area contributed by atoms with Crippen molar-refractivity contribution in [3.05, 3.63) is 40.7 Å². The summed E-state index contributed by atoms with van der Waals surface area (Å²) in [7, 11) is 1.63. The van der Waals surface area contributed by atoms with Gasteiger partial charge >= 0.3 is 5.69 Å². The quantitative estimate of drug-likeness (QED) is 0.669. The van der Waals surface area contributed by atoms with Crippen molar-refractivity contribution in [2.24, 2.45) is 0 Å². The number of ether oxygens (including phenoxy) is 1. The Morgan fingerprint density at radius 1 is 1.45 bits per heavy atom. The summed E-state index contributed by atoms with van der Waals surface area (Å²) in [5.74, 6) is 0.653. The van der Waals surface area contributed by atoms with E-state index < -0.39 is 4.92 Å². The van der Waals surface area contributed by atoms with Crippen LogP contribution in [0.5, 0.6) is 11.5 Å². The second-order valence-electron chi connectivity index (χ2n) is 4.51. The number of benzene rings is 1. The first kappa shape index (κ1) is 13.9. The molecule has 0 bridgehead atoms. The molecule has 0 radical (unpaired) electrons. The fourth-order valence-electron chi connectivity index (χ4n) is 1.78. The molecule has 1 N–H and O–H groups in total. The third kappa shape index (κ3) is 2.71. The monoisotopic (exact) mass is 276 g/mol. The maximum Gasteiger partial charge on any atom is 0.334 e. The predicted molar refractivity (Wildman–Crippen MR) is 75.3 cm³/mol. The van der Waals surface area contributed by atoms with Crippen molar-refractivity contribution in [3.63, 3.8) is 0 Å². The van der Waals surface area contributed by atoms with Crippen molar-refractivity contribution < 1.29 is 9.66 Å². The van der Waals surface area contributed by atoms with E-state index in [1.807, 2.05) is 13.8 Å². The maximum atomic E-state index is 11.2. The molecule has 1 aromatic carbocycles. The number of anilines is 1. The third-order valence-electron chi connectivity index (χ3n) is 2.79. The first-order chi connectivity index (χ1) is 9.52. The summed E-state index contributed by atoms with van der Waals surface area (Å²) in [5, 5.41) is 18.1. The van der Waals surface area contributed by atoms with E-state index in [-0.39, 0.29) is 17.5 Å². The highest BCUT2D eigenvalue weighted by Gasteiger charge is 2.21. The lowest BCUT2D eigenvalue weighted by Crippen LogP contribution is -2.00. The molecule has 0 aliphatic heterocycles. The molecule has 0 spiro atoms. The van der Waals surface area contributed by atoms with Gasteiger partial charge in [-0.3, -0.25) is 14.8 Å². The van der Waals surface area contributed by atoms with Crippen molar-refractivity contribution in [2.45, 2.75) is 19.9 Å². The largest absolute Gasteiger partial charge is 0.447 e. The van der Waals surface area contributed by atoms with Crippen LogP contribution in [-0.4, -0.2) is 21.8 Å². The van der Waals surface area contributed by atoms with Gasteiger partial charge in [0, 0.05) is 13.1 Å². The van der Waals surface area contributed by atoms with E-state index in [0.717, 1.165) is 0 Å². The summed E-state index contributed by atoms with van der Waals surface area (Å²) in [6, 6.07) is 5.08. The fraction of sp³-hybridized carbons (Fsp3) is 0.308. The Morgan fingerprint density at radius 3 is 2.75 bits per heavy atom. The van der Waals surface area contributed by atoms with Crippen molar-refractivity contribution in [2.75, 3.05) is 12.4 Å². The van der Waals surface area contributed by atoms with Crippen molar-refractivity contribution in [3.8, 4) is 11.5 Å². The van der Waals surface area contributed by atoms with Crippen LogP contribution in [0.2, 0.25) is 0 Å². The van der Waals surface area contributed by atoms with Gasteiger partial charge < -0.3 is 10.1 Å². The van der Waals surface area contributed by atoms with E-state index in [2.05, 4.69) is 10.4 Å². The molecule has 0 amide bonds. The number of hydrogen-bond acceptors (Lipinski definition) is 5. The van der Waals surface area contributed by atoms with Crippen LogP contribution in [0, 0.1) is 10.1 Å². The standard InChI is InChI=1S/C13H16N4O3/c1-9(2)16-8-10(7-15-16)20-12-6-4-5-11(14-3)13(12)17(18)19/h4-9,14H,1-3H3. The minimum atomic E-state index is -0.464. The molecule has 2 aromatic rings. The van der Waals surface area contributed by atoms with Gasteiger partial charge in [-0.15, -0.1) is 0 Å². The molecule has 20 heavy (non-hydrogen) atoms. The highest BCUT2D eigenvalue weighted by Crippen LogP contribution is 2.37. The van der Waals surface area contributed by atoms with Crippen LogP contribution < -0.4 is 10.1 Å². The van der Waals surface area contributed by atoms with Crippen LogP contribution in [0.15, 0.2) is 30.6 Å². The summed E-state index contributed by atoms with van der Waals surface area (Å²) in [6.45, 7) is 3.97. The fourth-order valence-corrected chi connectivity index (χ4v) is 1.78. The van der Waals surface area contributed by atoms with Gasteiger partial charge in [-0.1, -0.05) is 6.07 Å². The Morgan fingerprint density at radius 2 is 2.20 bits per heavy atom. The van der Waals surface area contributed by atoms with Crippen LogP contribution in [0.4, 0.5) is 11.4 Å². The van der Waals surface area contributed by atoms with E-state index in [9.17, 15) is 10.1 Å². The number of rotatable bonds is 5. The van der Waals surface area contributed by atoms with Gasteiger partial charge in [0.15, 0.2) is 5.75 Å². The lowest BCUT2D eigenvalue weighted by Gasteiger charge is -2.07. The second-order valence-corrected chi connectivity index (χ2v) is 4.51. The van der Waals surface area contributed by atoms with Crippen molar-refractivity contribution in [1.82, 2.24) is 9.78 Å². The lowest BCUT2D eigenvalue weighted by atomic mass is 10.2. The molecular weight excluding hydrogens is 260 g/mol. The van der Waals surface area contributed by atoms with Gasteiger partial charge in [0.05, 0.1) is 17.3 Å². The van der Waals surface area contributed by atoms with E-state index in [1.165, 1.54) is 6.20 Å². The zero-order valence-electron chi connectivity index (χ0n) is 11.5. The molecule has 0 atom stereocenters. The van der Waals surface area contributed by atoms with E-state index in [4.69, 9.17) is 4.74 Å². The zero-order chi connectivity index (χ0) is 14.7. The Kier molecular flexibility index (Phi) is 3.88. The van der Waals surface area contributed by atoms with Crippen LogP contribution in [0.3, 0.4) is 0 Å². The summed E-state index contributed by atoms with van der Waals surface area (Å²) in [5.41, 5.74) is 0.316. The SMILES string of the molecule is CNc1cccc(Oc2cnn(C(C)C)c2)c1[N+](=O)[O-]. The Hall–Kier alpha value is -2.57. The molecule has 1 heterocycles.